The average molecular weight is 372 g/mol. The maximum absolute atomic E-state index is 13.1. The van der Waals surface area contributed by atoms with Crippen molar-refractivity contribution >= 4 is 5.91 Å². The minimum absolute atomic E-state index is 0.151. The summed E-state index contributed by atoms with van der Waals surface area (Å²) in [5.74, 6) is 1.74. The lowest BCUT2D eigenvalue weighted by molar-refractivity contribution is -0.137. The summed E-state index contributed by atoms with van der Waals surface area (Å²) in [6.07, 6.45) is 7.51. The zero-order chi connectivity index (χ0) is 19.1. The van der Waals surface area contributed by atoms with Crippen LogP contribution in [0.3, 0.4) is 0 Å². The summed E-state index contributed by atoms with van der Waals surface area (Å²) in [5, 5.41) is 9.47. The van der Waals surface area contributed by atoms with Gasteiger partial charge in [0.25, 0.3) is 0 Å². The average Bonchev–Trinajstić information content (AvgIpc) is 3.17. The first-order valence-corrected chi connectivity index (χ1v) is 9.02. The van der Waals surface area contributed by atoms with Crippen LogP contribution < -0.4 is 4.74 Å². The van der Waals surface area contributed by atoms with Gasteiger partial charge >= 0.3 is 0 Å². The van der Waals surface area contributed by atoms with Gasteiger partial charge in [0.2, 0.25) is 5.91 Å². The first-order valence-electron chi connectivity index (χ1n) is 9.02. The van der Waals surface area contributed by atoms with E-state index in [0.717, 1.165) is 11.1 Å². The van der Waals surface area contributed by atoms with Crippen LogP contribution >= 0.6 is 0 Å². The topological polar surface area (TPSA) is 92.2 Å². The molecule has 0 N–H and O–H groups in total. The molecule has 7 nitrogen and oxygen atoms in total. The molecule has 2 aromatic heterocycles. The van der Waals surface area contributed by atoms with Crippen LogP contribution in [0, 0.1) is 16.7 Å². The molecule has 0 unspecified atom stereocenters. The van der Waals surface area contributed by atoms with Crippen LogP contribution in [-0.2, 0) is 11.3 Å². The third-order valence-corrected chi connectivity index (χ3v) is 5.29. The molecule has 0 saturated heterocycles. The van der Waals surface area contributed by atoms with Crippen molar-refractivity contribution in [3.05, 3.63) is 72.2 Å². The molecule has 0 radical (unpaired) electrons. The van der Waals surface area contributed by atoms with Crippen molar-refractivity contribution < 1.29 is 13.9 Å². The first-order chi connectivity index (χ1) is 13.7. The fourth-order valence-electron chi connectivity index (χ4n) is 3.67. The molecule has 7 heteroatoms. The molecule has 0 bridgehead atoms. The summed E-state index contributed by atoms with van der Waals surface area (Å²) < 4.78 is 11.4. The Morgan fingerprint density at radius 2 is 2.14 bits per heavy atom. The van der Waals surface area contributed by atoms with Crippen LogP contribution in [0.25, 0.3) is 0 Å². The van der Waals surface area contributed by atoms with Gasteiger partial charge in [-0.25, -0.2) is 4.98 Å². The van der Waals surface area contributed by atoms with Gasteiger partial charge in [-0.2, -0.15) is 5.26 Å². The lowest BCUT2D eigenvalue weighted by atomic mass is 10.0. The third-order valence-electron chi connectivity index (χ3n) is 5.29. The minimum atomic E-state index is -0.893. The van der Waals surface area contributed by atoms with E-state index in [1.54, 1.807) is 29.6 Å². The van der Waals surface area contributed by atoms with Crippen molar-refractivity contribution in [2.75, 3.05) is 0 Å². The Morgan fingerprint density at radius 1 is 1.25 bits per heavy atom. The number of nitriles is 1. The van der Waals surface area contributed by atoms with Gasteiger partial charge in [0.1, 0.15) is 23.0 Å². The second kappa shape index (κ2) is 6.20. The summed E-state index contributed by atoms with van der Waals surface area (Å²) in [6.45, 7) is 0.396. The molecule has 28 heavy (non-hydrogen) atoms. The lowest BCUT2D eigenvalue weighted by Gasteiger charge is -2.25. The van der Waals surface area contributed by atoms with Gasteiger partial charge < -0.3 is 14.1 Å². The minimum Gasteiger partial charge on any atom is -0.456 e. The van der Waals surface area contributed by atoms with Gasteiger partial charge in [0.15, 0.2) is 12.2 Å². The Kier molecular flexibility index (Phi) is 3.66. The number of aromatic nitrogens is 2. The molecule has 3 heterocycles. The molecule has 0 spiro atoms. The molecule has 1 fully saturated rings. The molecule has 2 aliphatic rings. The summed E-state index contributed by atoms with van der Waals surface area (Å²) in [4.78, 5) is 22.9. The normalized spacial score (nSPS) is 19.0. The zero-order valence-electron chi connectivity index (χ0n) is 14.9. The maximum atomic E-state index is 13.1. The zero-order valence-corrected chi connectivity index (χ0v) is 14.9. The summed E-state index contributed by atoms with van der Waals surface area (Å²) in [6, 6.07) is 11.2. The maximum Gasteiger partial charge on any atom is 0.244 e. The summed E-state index contributed by atoms with van der Waals surface area (Å²) in [5.41, 5.74) is 1.03. The number of oxazole rings is 1. The summed E-state index contributed by atoms with van der Waals surface area (Å²) in [7, 11) is 0. The van der Waals surface area contributed by atoms with Gasteiger partial charge in [-0.05, 0) is 48.2 Å². The number of pyridine rings is 1. The van der Waals surface area contributed by atoms with Crippen molar-refractivity contribution in [3.8, 4) is 17.6 Å². The van der Waals surface area contributed by atoms with E-state index < -0.39 is 5.41 Å². The van der Waals surface area contributed by atoms with E-state index in [2.05, 4.69) is 16.0 Å². The molecule has 5 rings (SSSR count). The van der Waals surface area contributed by atoms with Crippen LogP contribution in [0.5, 0.6) is 11.5 Å². The van der Waals surface area contributed by atoms with Crippen LogP contribution in [0.4, 0.5) is 0 Å². The Labute approximate surface area is 161 Å². The van der Waals surface area contributed by atoms with Crippen molar-refractivity contribution in [1.82, 2.24) is 14.9 Å². The highest BCUT2D eigenvalue weighted by Crippen LogP contribution is 2.50. The van der Waals surface area contributed by atoms with E-state index in [-0.39, 0.29) is 11.9 Å². The number of nitrogens with zero attached hydrogens (tertiary/aromatic N) is 4. The molecule has 1 aromatic carbocycles. The van der Waals surface area contributed by atoms with Crippen molar-refractivity contribution in [3.63, 3.8) is 0 Å². The van der Waals surface area contributed by atoms with E-state index >= 15 is 0 Å². The fourth-order valence-corrected chi connectivity index (χ4v) is 3.67. The summed E-state index contributed by atoms with van der Waals surface area (Å²) >= 11 is 0. The van der Waals surface area contributed by atoms with Crippen molar-refractivity contribution in [2.45, 2.75) is 25.4 Å². The molecule has 1 amide bonds. The predicted molar refractivity (Wildman–Crippen MR) is 96.9 cm³/mol. The predicted octanol–water partition coefficient (Wildman–Crippen LogP) is 3.60. The van der Waals surface area contributed by atoms with Crippen LogP contribution in [-0.4, -0.2) is 20.8 Å². The van der Waals surface area contributed by atoms with E-state index in [9.17, 15) is 10.1 Å². The van der Waals surface area contributed by atoms with Gasteiger partial charge in [0.05, 0.1) is 18.5 Å². The number of benzene rings is 1. The number of ether oxygens (including phenoxy) is 1. The molecule has 1 atom stereocenters. The third kappa shape index (κ3) is 2.62. The van der Waals surface area contributed by atoms with Gasteiger partial charge in [0, 0.05) is 12.7 Å². The number of carbonyl (C=O) groups is 1. The molecule has 1 saturated carbocycles. The highest BCUT2D eigenvalue weighted by atomic mass is 16.5. The monoisotopic (exact) mass is 372 g/mol. The Bertz CT molecular complexity index is 1070. The van der Waals surface area contributed by atoms with Crippen LogP contribution in [0.1, 0.15) is 35.8 Å². The SMILES string of the molecule is N#CC1(C(=O)N2Cc3cc(Oc4cccnc4)ccc3[C@@H]2c2cnco2)CC1. The van der Waals surface area contributed by atoms with Crippen molar-refractivity contribution in [1.29, 1.82) is 5.26 Å². The molecule has 3 aromatic rings. The Balaban J connectivity index is 1.50. The molecule has 138 valence electrons. The van der Waals surface area contributed by atoms with Gasteiger partial charge in [-0.15, -0.1) is 0 Å². The number of rotatable bonds is 4. The standard InChI is InChI=1S/C21H16N4O3/c22-12-21(5-6-21)20(26)25-11-14-8-15(28-16-2-1-7-23-9-16)3-4-17(14)19(25)18-10-24-13-27-18/h1-4,7-10,13,19H,5-6,11H2/t19-/m1/s1. The lowest BCUT2D eigenvalue weighted by Crippen LogP contribution is -2.35. The largest absolute Gasteiger partial charge is 0.456 e. The van der Waals surface area contributed by atoms with E-state index in [1.165, 1.54) is 6.39 Å². The highest BCUT2D eigenvalue weighted by molar-refractivity contribution is 5.89. The smallest absolute Gasteiger partial charge is 0.244 e. The second-order valence-corrected chi connectivity index (χ2v) is 7.08. The molecular weight excluding hydrogens is 356 g/mol. The molecular formula is C21H16N4O3. The van der Waals surface area contributed by atoms with E-state index in [0.29, 0.717) is 36.6 Å². The Hall–Kier alpha value is -3.66. The van der Waals surface area contributed by atoms with Crippen LogP contribution in [0.2, 0.25) is 0 Å². The highest BCUT2D eigenvalue weighted by Gasteiger charge is 2.55. The number of hydrogen-bond acceptors (Lipinski definition) is 6. The quantitative estimate of drug-likeness (QED) is 0.695. The number of carbonyl (C=O) groups excluding carboxylic acids is 1. The fraction of sp³-hybridized carbons (Fsp3) is 0.238. The molecule has 1 aliphatic heterocycles. The first kappa shape index (κ1) is 16.5. The van der Waals surface area contributed by atoms with Crippen LogP contribution in [0.15, 0.2) is 59.7 Å². The second-order valence-electron chi connectivity index (χ2n) is 7.08. The van der Waals surface area contributed by atoms with Gasteiger partial charge in [-0.3, -0.25) is 9.78 Å². The van der Waals surface area contributed by atoms with E-state index in [1.807, 2.05) is 24.3 Å². The number of amides is 1. The number of fused-ring (bicyclic) bond motifs is 1. The number of hydrogen-bond donors (Lipinski definition) is 0. The van der Waals surface area contributed by atoms with Gasteiger partial charge in [-0.1, -0.05) is 6.07 Å². The Morgan fingerprint density at radius 3 is 2.82 bits per heavy atom. The molecule has 1 aliphatic carbocycles. The van der Waals surface area contributed by atoms with Crippen molar-refractivity contribution in [2.24, 2.45) is 5.41 Å². The van der Waals surface area contributed by atoms with E-state index in [4.69, 9.17) is 9.15 Å².